The highest BCUT2D eigenvalue weighted by molar-refractivity contribution is 7.83. The van der Waals surface area contributed by atoms with Gasteiger partial charge < -0.3 is 0 Å². The van der Waals surface area contributed by atoms with Crippen molar-refractivity contribution in [3.05, 3.63) is 42.0 Å². The Kier molecular flexibility index (Phi) is 4.89. The van der Waals surface area contributed by atoms with Gasteiger partial charge in [-0.05, 0) is 86.3 Å². The first-order chi connectivity index (χ1) is 14.7. The molecule has 0 aromatic heterocycles. The lowest BCUT2D eigenvalue weighted by Crippen LogP contribution is -2.55. The van der Waals surface area contributed by atoms with Crippen molar-refractivity contribution in [3.63, 3.8) is 0 Å². The van der Waals surface area contributed by atoms with Crippen molar-refractivity contribution in [3.8, 4) is 12.3 Å². The van der Waals surface area contributed by atoms with Crippen LogP contribution in [0.1, 0.15) is 65.2 Å². The topological polar surface area (TPSA) is 17.1 Å². The van der Waals surface area contributed by atoms with Gasteiger partial charge in [-0.15, -0.1) is 6.42 Å². The van der Waals surface area contributed by atoms with Gasteiger partial charge in [0, 0.05) is 11.8 Å². The van der Waals surface area contributed by atoms with Crippen molar-refractivity contribution >= 4 is 18.4 Å². The number of ketones is 1. The molecule has 1 aromatic rings. The predicted molar refractivity (Wildman–Crippen MR) is 133 cm³/mol. The second kappa shape index (κ2) is 7.06. The first-order valence-corrected chi connectivity index (χ1v) is 15.0. The summed E-state index contributed by atoms with van der Waals surface area (Å²) in [6.45, 7) is 10.1. The summed E-state index contributed by atoms with van der Waals surface area (Å²) in [6, 6.07) is 11.2. The zero-order chi connectivity index (χ0) is 22.1. The third-order valence-electron chi connectivity index (χ3n) is 10.7. The van der Waals surface area contributed by atoms with Crippen LogP contribution in [0.15, 0.2) is 42.0 Å². The quantitative estimate of drug-likeness (QED) is 0.385. The number of carbonyl (C=O) groups excluding carboxylic acids is 1. The molecule has 3 saturated carbocycles. The molecule has 4 aliphatic carbocycles. The van der Waals surface area contributed by atoms with Crippen LogP contribution < -0.4 is 5.30 Å². The fraction of sp³-hybridized carbons (Fsp3) is 0.621. The SMILES string of the molecule is C#CC1([P+](C)(C)c2ccccc2)CC[C@H]2[C@@H]3CCC4=CC(=O)CC[C@]4(C)[C@H]3CC[C@@]21C. The molecule has 164 valence electrons. The summed E-state index contributed by atoms with van der Waals surface area (Å²) in [6.07, 6.45) is 17.7. The lowest BCUT2D eigenvalue weighted by atomic mass is 9.47. The second-order valence-electron chi connectivity index (χ2n) is 11.8. The Morgan fingerprint density at radius 2 is 1.68 bits per heavy atom. The minimum absolute atomic E-state index is 0.00343. The van der Waals surface area contributed by atoms with Gasteiger partial charge in [-0.3, -0.25) is 4.79 Å². The molecule has 0 N–H and O–H groups in total. The molecule has 4 aliphatic rings. The van der Waals surface area contributed by atoms with Crippen LogP contribution in [0.25, 0.3) is 0 Å². The number of terminal acetylenes is 1. The summed E-state index contributed by atoms with van der Waals surface area (Å²) in [5, 5.41) is 1.49. The third kappa shape index (κ3) is 2.70. The maximum Gasteiger partial charge on any atom is 0.155 e. The van der Waals surface area contributed by atoms with E-state index >= 15 is 0 Å². The summed E-state index contributed by atoms with van der Waals surface area (Å²) in [5.41, 5.74) is 1.92. The van der Waals surface area contributed by atoms with Crippen molar-refractivity contribution in [2.24, 2.45) is 28.6 Å². The van der Waals surface area contributed by atoms with E-state index in [0.717, 1.165) is 37.0 Å². The smallest absolute Gasteiger partial charge is 0.155 e. The van der Waals surface area contributed by atoms with Gasteiger partial charge in [0.2, 0.25) is 0 Å². The molecule has 6 atom stereocenters. The number of carbonyl (C=O) groups is 1. The van der Waals surface area contributed by atoms with Crippen LogP contribution in [0.3, 0.4) is 0 Å². The summed E-state index contributed by atoms with van der Waals surface area (Å²) >= 11 is 0. The van der Waals surface area contributed by atoms with Gasteiger partial charge >= 0.3 is 0 Å². The van der Waals surface area contributed by atoms with E-state index in [1.807, 2.05) is 6.08 Å². The Hall–Kier alpha value is -1.38. The third-order valence-corrected chi connectivity index (χ3v) is 15.1. The van der Waals surface area contributed by atoms with Crippen LogP contribution in [0.2, 0.25) is 0 Å². The fourth-order valence-electron chi connectivity index (χ4n) is 8.91. The zero-order valence-electron chi connectivity index (χ0n) is 19.8. The van der Waals surface area contributed by atoms with Crippen LogP contribution in [-0.2, 0) is 4.79 Å². The normalized spacial score (nSPS) is 42.1. The highest BCUT2D eigenvalue weighted by Crippen LogP contribution is 2.78. The summed E-state index contributed by atoms with van der Waals surface area (Å²) < 4.78 is 0. The molecular weight excluding hydrogens is 395 g/mol. The van der Waals surface area contributed by atoms with Gasteiger partial charge in [0.1, 0.15) is 5.16 Å². The van der Waals surface area contributed by atoms with Crippen molar-refractivity contribution in [2.45, 2.75) is 70.4 Å². The number of rotatable bonds is 2. The first kappa shape index (κ1) is 21.5. The van der Waals surface area contributed by atoms with E-state index in [1.54, 1.807) is 0 Å². The minimum atomic E-state index is -1.52. The van der Waals surface area contributed by atoms with Gasteiger partial charge in [-0.2, -0.15) is 0 Å². The van der Waals surface area contributed by atoms with Crippen molar-refractivity contribution < 1.29 is 4.79 Å². The molecule has 31 heavy (non-hydrogen) atoms. The van der Waals surface area contributed by atoms with E-state index in [2.05, 4.69) is 63.4 Å². The second-order valence-corrected chi connectivity index (χ2v) is 15.9. The maximum atomic E-state index is 12.1. The Labute approximate surface area is 189 Å². The van der Waals surface area contributed by atoms with E-state index in [-0.39, 0.29) is 16.0 Å². The van der Waals surface area contributed by atoms with Gasteiger partial charge in [0.15, 0.2) is 5.78 Å². The molecule has 5 rings (SSSR count). The lowest BCUT2D eigenvalue weighted by Gasteiger charge is -2.59. The Bertz CT molecular complexity index is 968. The fourth-order valence-corrected chi connectivity index (χ4v) is 12.8. The Balaban J connectivity index is 1.54. The van der Waals surface area contributed by atoms with Crippen LogP contribution >= 0.6 is 7.26 Å². The molecule has 2 heteroatoms. The van der Waals surface area contributed by atoms with Crippen LogP contribution in [0, 0.1) is 40.9 Å². The lowest BCUT2D eigenvalue weighted by molar-refractivity contribution is -0.117. The van der Waals surface area contributed by atoms with Crippen LogP contribution in [-0.4, -0.2) is 24.3 Å². The van der Waals surface area contributed by atoms with E-state index in [4.69, 9.17) is 6.42 Å². The van der Waals surface area contributed by atoms with Crippen molar-refractivity contribution in [1.82, 2.24) is 0 Å². The average Bonchev–Trinajstić information content (AvgIpc) is 3.08. The first-order valence-electron chi connectivity index (χ1n) is 12.3. The molecule has 0 heterocycles. The van der Waals surface area contributed by atoms with Gasteiger partial charge in [0.25, 0.3) is 0 Å². The van der Waals surface area contributed by atoms with Gasteiger partial charge in [0.05, 0.1) is 25.9 Å². The average molecular weight is 434 g/mol. The molecule has 0 saturated heterocycles. The Morgan fingerprint density at radius 1 is 0.968 bits per heavy atom. The van der Waals surface area contributed by atoms with Gasteiger partial charge in [-0.1, -0.05) is 43.5 Å². The minimum Gasteiger partial charge on any atom is -0.295 e. The summed E-state index contributed by atoms with van der Waals surface area (Å²) in [4.78, 5) is 12.1. The molecule has 0 spiro atoms. The number of benzene rings is 1. The number of allylic oxidation sites excluding steroid dienone is 1. The number of hydrogen-bond donors (Lipinski definition) is 0. The molecule has 0 bridgehead atoms. The summed E-state index contributed by atoms with van der Waals surface area (Å²) in [7, 11) is -1.52. The molecule has 3 fully saturated rings. The molecule has 0 radical (unpaired) electrons. The van der Waals surface area contributed by atoms with Crippen molar-refractivity contribution in [2.75, 3.05) is 13.3 Å². The monoisotopic (exact) mass is 433 g/mol. The Morgan fingerprint density at radius 3 is 2.39 bits per heavy atom. The molecule has 1 unspecified atom stereocenters. The van der Waals surface area contributed by atoms with E-state index < -0.39 is 7.26 Å². The van der Waals surface area contributed by atoms with E-state index in [1.165, 1.54) is 43.0 Å². The standard InChI is InChI=1S/C29H38OP/c1-6-29(31(4,5)23-10-8-7-9-11-23)19-16-26-24-13-12-21-20-22(30)14-17-27(21,2)25(24)15-18-28(26,29)3/h1,7-11,20,24-26H,12-19H2,2-5H3/q+1/t24-,25+,26+,27+,28+,29?/m1/s1. The molecular formula is C29H38OP+. The molecule has 1 nitrogen and oxygen atoms in total. The predicted octanol–water partition coefficient (Wildman–Crippen LogP) is 6.49. The van der Waals surface area contributed by atoms with E-state index in [0.29, 0.717) is 5.78 Å². The maximum absolute atomic E-state index is 12.1. The largest absolute Gasteiger partial charge is 0.295 e. The summed E-state index contributed by atoms with van der Waals surface area (Å²) in [5.74, 6) is 6.09. The molecule has 1 aromatic carbocycles. The zero-order valence-corrected chi connectivity index (χ0v) is 20.7. The highest BCUT2D eigenvalue weighted by atomic mass is 31.2. The van der Waals surface area contributed by atoms with Crippen LogP contribution in [0.5, 0.6) is 0 Å². The molecule has 0 amide bonds. The van der Waals surface area contributed by atoms with Crippen molar-refractivity contribution in [1.29, 1.82) is 0 Å². The van der Waals surface area contributed by atoms with E-state index in [9.17, 15) is 4.79 Å². The molecule has 0 aliphatic heterocycles. The van der Waals surface area contributed by atoms with Crippen LogP contribution in [0.4, 0.5) is 0 Å². The van der Waals surface area contributed by atoms with Gasteiger partial charge in [-0.25, -0.2) is 0 Å². The number of hydrogen-bond acceptors (Lipinski definition) is 1. The number of fused-ring (bicyclic) bond motifs is 5. The highest BCUT2D eigenvalue weighted by Gasteiger charge is 2.71.